The third-order valence-electron chi connectivity index (χ3n) is 2.33. The lowest BCUT2D eigenvalue weighted by Crippen LogP contribution is -2.13. The zero-order valence-electron chi connectivity index (χ0n) is 9.02. The van der Waals surface area contributed by atoms with Crippen molar-refractivity contribution >= 4 is 11.6 Å². The molecule has 2 aromatic rings. The van der Waals surface area contributed by atoms with Crippen molar-refractivity contribution in [2.45, 2.75) is 6.42 Å². The molecule has 0 saturated carbocycles. The van der Waals surface area contributed by atoms with Crippen LogP contribution < -0.4 is 5.32 Å². The van der Waals surface area contributed by atoms with Crippen LogP contribution in [0.15, 0.2) is 30.5 Å². The van der Waals surface area contributed by atoms with Gasteiger partial charge in [-0.05, 0) is 19.2 Å². The van der Waals surface area contributed by atoms with Gasteiger partial charge in [0.05, 0.1) is 22.6 Å². The monoisotopic (exact) mass is 236 g/mol. The van der Waals surface area contributed by atoms with Crippen LogP contribution in [0.1, 0.15) is 5.69 Å². The van der Waals surface area contributed by atoms with Crippen molar-refractivity contribution in [1.29, 1.82) is 0 Å². The molecular formula is C11H13ClN4. The smallest absolute Gasteiger partial charge is 0.0852 e. The van der Waals surface area contributed by atoms with E-state index in [1.165, 1.54) is 0 Å². The van der Waals surface area contributed by atoms with Gasteiger partial charge in [-0.3, -0.25) is 0 Å². The molecule has 0 atom stereocenters. The van der Waals surface area contributed by atoms with Crippen molar-refractivity contribution in [3.05, 3.63) is 41.2 Å². The molecule has 0 aliphatic rings. The average molecular weight is 237 g/mol. The van der Waals surface area contributed by atoms with E-state index in [1.807, 2.05) is 31.3 Å². The maximum atomic E-state index is 6.12. The number of para-hydroxylation sites is 1. The van der Waals surface area contributed by atoms with Gasteiger partial charge in [0.15, 0.2) is 0 Å². The first-order valence-electron chi connectivity index (χ1n) is 5.12. The summed E-state index contributed by atoms with van der Waals surface area (Å²) in [7, 11) is 1.92. The molecule has 0 amide bonds. The number of benzene rings is 1. The Morgan fingerprint density at radius 3 is 2.94 bits per heavy atom. The van der Waals surface area contributed by atoms with E-state index in [2.05, 4.69) is 15.6 Å². The zero-order valence-corrected chi connectivity index (χ0v) is 9.78. The molecule has 1 N–H and O–H groups in total. The van der Waals surface area contributed by atoms with E-state index in [0.29, 0.717) is 5.02 Å². The van der Waals surface area contributed by atoms with E-state index in [1.54, 1.807) is 10.9 Å². The molecule has 0 aliphatic carbocycles. The number of halogens is 1. The molecule has 0 unspecified atom stereocenters. The predicted molar refractivity (Wildman–Crippen MR) is 64.0 cm³/mol. The first kappa shape index (κ1) is 11.1. The molecule has 5 heteroatoms. The minimum absolute atomic E-state index is 0.679. The van der Waals surface area contributed by atoms with Gasteiger partial charge >= 0.3 is 0 Å². The summed E-state index contributed by atoms with van der Waals surface area (Å²) >= 11 is 6.12. The van der Waals surface area contributed by atoms with E-state index < -0.39 is 0 Å². The van der Waals surface area contributed by atoms with Gasteiger partial charge in [0.2, 0.25) is 0 Å². The fourth-order valence-electron chi connectivity index (χ4n) is 1.51. The van der Waals surface area contributed by atoms with Crippen molar-refractivity contribution in [3.8, 4) is 5.69 Å². The van der Waals surface area contributed by atoms with Crippen molar-refractivity contribution < 1.29 is 0 Å². The number of aromatic nitrogens is 3. The van der Waals surface area contributed by atoms with Gasteiger partial charge in [-0.25, -0.2) is 4.68 Å². The summed E-state index contributed by atoms with van der Waals surface area (Å²) in [6.07, 6.45) is 2.63. The van der Waals surface area contributed by atoms with Crippen LogP contribution in [0.2, 0.25) is 5.02 Å². The normalized spacial score (nSPS) is 10.6. The van der Waals surface area contributed by atoms with Crippen LogP contribution in [-0.2, 0) is 6.42 Å². The summed E-state index contributed by atoms with van der Waals surface area (Å²) < 4.78 is 1.78. The van der Waals surface area contributed by atoms with E-state index in [9.17, 15) is 0 Å². The minimum Gasteiger partial charge on any atom is -0.319 e. The Morgan fingerprint density at radius 1 is 1.38 bits per heavy atom. The molecule has 1 aromatic carbocycles. The third-order valence-corrected chi connectivity index (χ3v) is 2.65. The minimum atomic E-state index is 0.679. The van der Waals surface area contributed by atoms with Crippen molar-refractivity contribution in [3.63, 3.8) is 0 Å². The van der Waals surface area contributed by atoms with Gasteiger partial charge in [0.25, 0.3) is 0 Å². The van der Waals surface area contributed by atoms with Crippen LogP contribution in [0.4, 0.5) is 0 Å². The summed E-state index contributed by atoms with van der Waals surface area (Å²) in [5.74, 6) is 0. The second-order valence-electron chi connectivity index (χ2n) is 3.44. The highest BCUT2D eigenvalue weighted by molar-refractivity contribution is 6.32. The molecule has 0 fully saturated rings. The highest BCUT2D eigenvalue weighted by atomic mass is 35.5. The Kier molecular flexibility index (Phi) is 3.54. The predicted octanol–water partition coefficient (Wildman–Crippen LogP) is 1.68. The Bertz CT molecular complexity index is 467. The van der Waals surface area contributed by atoms with E-state index >= 15 is 0 Å². The van der Waals surface area contributed by atoms with Gasteiger partial charge < -0.3 is 5.32 Å². The topological polar surface area (TPSA) is 42.7 Å². The SMILES string of the molecule is CNCCc1cnnn1-c1ccccc1Cl. The van der Waals surface area contributed by atoms with Gasteiger partial charge in [0.1, 0.15) is 0 Å². The lowest BCUT2D eigenvalue weighted by Gasteiger charge is -2.07. The number of hydrogen-bond acceptors (Lipinski definition) is 3. The average Bonchev–Trinajstić information content (AvgIpc) is 2.75. The summed E-state index contributed by atoms with van der Waals surface area (Å²) in [5.41, 5.74) is 1.91. The lowest BCUT2D eigenvalue weighted by molar-refractivity contribution is 0.720. The molecule has 4 nitrogen and oxygen atoms in total. The first-order chi connectivity index (χ1) is 7.83. The van der Waals surface area contributed by atoms with E-state index in [0.717, 1.165) is 24.3 Å². The third kappa shape index (κ3) is 2.23. The molecule has 0 aliphatic heterocycles. The Balaban J connectivity index is 2.33. The summed E-state index contributed by atoms with van der Waals surface area (Å²) in [4.78, 5) is 0. The van der Waals surface area contributed by atoms with Crippen LogP contribution >= 0.6 is 11.6 Å². The van der Waals surface area contributed by atoms with Gasteiger partial charge in [-0.2, -0.15) is 0 Å². The molecule has 2 rings (SSSR count). The van der Waals surface area contributed by atoms with Crippen molar-refractivity contribution in [2.24, 2.45) is 0 Å². The quantitative estimate of drug-likeness (QED) is 0.879. The molecule has 1 heterocycles. The highest BCUT2D eigenvalue weighted by Crippen LogP contribution is 2.19. The van der Waals surface area contributed by atoms with Gasteiger partial charge in [0, 0.05) is 13.0 Å². The molecule has 0 bridgehead atoms. The summed E-state index contributed by atoms with van der Waals surface area (Å²) in [6, 6.07) is 7.61. The Morgan fingerprint density at radius 2 is 2.19 bits per heavy atom. The van der Waals surface area contributed by atoms with Gasteiger partial charge in [-0.15, -0.1) is 5.10 Å². The Labute approximate surface area is 99.2 Å². The highest BCUT2D eigenvalue weighted by Gasteiger charge is 2.08. The van der Waals surface area contributed by atoms with Crippen LogP contribution in [-0.4, -0.2) is 28.6 Å². The van der Waals surface area contributed by atoms with Crippen molar-refractivity contribution in [2.75, 3.05) is 13.6 Å². The molecule has 1 aromatic heterocycles. The molecular weight excluding hydrogens is 224 g/mol. The summed E-state index contributed by atoms with van der Waals surface area (Å²) in [5, 5.41) is 11.8. The standard InChI is InChI=1S/C11H13ClN4/c1-13-7-6-9-8-14-15-16(9)11-5-3-2-4-10(11)12/h2-5,8,13H,6-7H2,1H3. The maximum absolute atomic E-state index is 6.12. The largest absolute Gasteiger partial charge is 0.319 e. The number of nitrogens with zero attached hydrogens (tertiary/aromatic N) is 3. The van der Waals surface area contributed by atoms with Gasteiger partial charge in [-0.1, -0.05) is 28.9 Å². The molecule has 16 heavy (non-hydrogen) atoms. The molecule has 0 saturated heterocycles. The fraction of sp³-hybridized carbons (Fsp3) is 0.273. The number of nitrogens with one attached hydrogen (secondary N) is 1. The van der Waals surface area contributed by atoms with Crippen LogP contribution in [0.3, 0.4) is 0 Å². The second-order valence-corrected chi connectivity index (χ2v) is 3.85. The molecule has 0 spiro atoms. The Hall–Kier alpha value is -1.39. The summed E-state index contributed by atoms with van der Waals surface area (Å²) in [6.45, 7) is 0.887. The lowest BCUT2D eigenvalue weighted by atomic mass is 10.3. The van der Waals surface area contributed by atoms with E-state index in [-0.39, 0.29) is 0 Å². The second kappa shape index (κ2) is 5.09. The van der Waals surface area contributed by atoms with Crippen molar-refractivity contribution in [1.82, 2.24) is 20.3 Å². The first-order valence-corrected chi connectivity index (χ1v) is 5.50. The molecule has 84 valence electrons. The van der Waals surface area contributed by atoms with Crippen LogP contribution in [0.25, 0.3) is 5.69 Å². The zero-order chi connectivity index (χ0) is 11.4. The van der Waals surface area contributed by atoms with Crippen LogP contribution in [0.5, 0.6) is 0 Å². The maximum Gasteiger partial charge on any atom is 0.0852 e. The number of rotatable bonds is 4. The van der Waals surface area contributed by atoms with Crippen LogP contribution in [0, 0.1) is 0 Å². The fourth-order valence-corrected chi connectivity index (χ4v) is 1.72. The number of hydrogen-bond donors (Lipinski definition) is 1. The number of likely N-dealkylation sites (N-methyl/N-ethyl adjacent to an activating group) is 1. The molecule has 0 radical (unpaired) electrons. The van der Waals surface area contributed by atoms with E-state index in [4.69, 9.17) is 11.6 Å².